The van der Waals surface area contributed by atoms with Gasteiger partial charge in [0.25, 0.3) is 0 Å². The molecular formula is C16H15ClO3. The number of para-hydroxylation sites is 1. The summed E-state index contributed by atoms with van der Waals surface area (Å²) in [6.07, 6.45) is -0.490. The molecule has 0 aliphatic heterocycles. The number of phenolic OH excluding ortho intramolecular Hbond substituents is 1. The zero-order chi connectivity index (χ0) is 14.7. The van der Waals surface area contributed by atoms with Crippen LogP contribution in [0, 0.1) is 6.92 Å². The third-order valence-corrected chi connectivity index (χ3v) is 3.43. The van der Waals surface area contributed by atoms with Crippen molar-refractivity contribution in [3.05, 3.63) is 64.2 Å². The Bertz CT molecular complexity index is 637. The standard InChI is InChI=1S/C16H15ClO3/c1-10-6-5-8-13(15(10)18)16(19)20-11(2)12-7-3-4-9-14(12)17/h3-9,11,18H,1-2H3/t11-/m1/s1. The van der Waals surface area contributed by atoms with E-state index in [4.69, 9.17) is 16.3 Å². The molecule has 0 amide bonds. The minimum absolute atomic E-state index is 0.0520. The van der Waals surface area contributed by atoms with Crippen LogP contribution in [0.4, 0.5) is 0 Å². The van der Waals surface area contributed by atoms with Crippen LogP contribution in [0.5, 0.6) is 5.75 Å². The number of hydrogen-bond donors (Lipinski definition) is 1. The number of esters is 1. The van der Waals surface area contributed by atoms with Crippen LogP contribution < -0.4 is 0 Å². The van der Waals surface area contributed by atoms with Crippen molar-refractivity contribution in [1.82, 2.24) is 0 Å². The van der Waals surface area contributed by atoms with Gasteiger partial charge in [-0.3, -0.25) is 0 Å². The number of aryl methyl sites for hydroxylation is 1. The van der Waals surface area contributed by atoms with E-state index in [1.165, 1.54) is 6.07 Å². The maximum Gasteiger partial charge on any atom is 0.342 e. The van der Waals surface area contributed by atoms with Gasteiger partial charge < -0.3 is 9.84 Å². The van der Waals surface area contributed by atoms with E-state index >= 15 is 0 Å². The molecule has 3 nitrogen and oxygen atoms in total. The fourth-order valence-electron chi connectivity index (χ4n) is 1.92. The topological polar surface area (TPSA) is 46.5 Å². The molecule has 4 heteroatoms. The van der Waals surface area contributed by atoms with Crippen LogP contribution in [-0.2, 0) is 4.74 Å². The van der Waals surface area contributed by atoms with E-state index in [-0.39, 0.29) is 11.3 Å². The molecule has 20 heavy (non-hydrogen) atoms. The molecule has 0 radical (unpaired) electrons. The lowest BCUT2D eigenvalue weighted by atomic mass is 10.1. The van der Waals surface area contributed by atoms with Crippen LogP contribution in [0.15, 0.2) is 42.5 Å². The highest BCUT2D eigenvalue weighted by molar-refractivity contribution is 6.31. The van der Waals surface area contributed by atoms with E-state index in [2.05, 4.69) is 0 Å². The lowest BCUT2D eigenvalue weighted by Gasteiger charge is -2.15. The molecule has 2 aromatic rings. The molecule has 0 bridgehead atoms. The number of halogens is 1. The highest BCUT2D eigenvalue weighted by atomic mass is 35.5. The molecule has 0 aromatic heterocycles. The van der Waals surface area contributed by atoms with Crippen LogP contribution in [-0.4, -0.2) is 11.1 Å². The summed E-state index contributed by atoms with van der Waals surface area (Å²) in [6, 6.07) is 12.1. The lowest BCUT2D eigenvalue weighted by molar-refractivity contribution is 0.0335. The van der Waals surface area contributed by atoms with Crippen LogP contribution in [0.2, 0.25) is 5.02 Å². The minimum Gasteiger partial charge on any atom is -0.507 e. The second-order valence-electron chi connectivity index (χ2n) is 4.54. The number of aromatic hydroxyl groups is 1. The summed E-state index contributed by atoms with van der Waals surface area (Å²) in [5, 5.41) is 10.4. The van der Waals surface area contributed by atoms with Gasteiger partial charge in [0.1, 0.15) is 17.4 Å². The second kappa shape index (κ2) is 5.97. The first-order valence-electron chi connectivity index (χ1n) is 6.24. The Kier molecular flexibility index (Phi) is 4.30. The summed E-state index contributed by atoms with van der Waals surface area (Å²) in [6.45, 7) is 3.47. The smallest absolute Gasteiger partial charge is 0.342 e. The van der Waals surface area contributed by atoms with Gasteiger partial charge in [0.05, 0.1) is 0 Å². The number of hydrogen-bond acceptors (Lipinski definition) is 3. The fourth-order valence-corrected chi connectivity index (χ4v) is 2.21. The van der Waals surface area contributed by atoms with Crippen molar-refractivity contribution in [2.45, 2.75) is 20.0 Å². The molecule has 1 atom stereocenters. The third-order valence-electron chi connectivity index (χ3n) is 3.08. The van der Waals surface area contributed by atoms with E-state index < -0.39 is 12.1 Å². The van der Waals surface area contributed by atoms with Gasteiger partial charge in [-0.1, -0.05) is 41.9 Å². The van der Waals surface area contributed by atoms with Crippen LogP contribution in [0.1, 0.15) is 34.5 Å². The highest BCUT2D eigenvalue weighted by Gasteiger charge is 2.19. The second-order valence-corrected chi connectivity index (χ2v) is 4.95. The van der Waals surface area contributed by atoms with E-state index in [9.17, 15) is 9.90 Å². The Labute approximate surface area is 122 Å². The Morgan fingerprint density at radius 3 is 2.60 bits per heavy atom. The predicted octanol–water partition coefficient (Wildman–Crippen LogP) is 4.27. The molecule has 104 valence electrons. The molecule has 0 unspecified atom stereocenters. The molecule has 1 N–H and O–H groups in total. The number of benzene rings is 2. The van der Waals surface area contributed by atoms with Crippen molar-refractivity contribution in [3.63, 3.8) is 0 Å². The monoisotopic (exact) mass is 290 g/mol. The van der Waals surface area contributed by atoms with E-state index in [1.54, 1.807) is 38.1 Å². The van der Waals surface area contributed by atoms with E-state index in [0.717, 1.165) is 5.56 Å². The molecular weight excluding hydrogens is 276 g/mol. The average Bonchev–Trinajstić information content (AvgIpc) is 2.42. The van der Waals surface area contributed by atoms with Gasteiger partial charge in [0.15, 0.2) is 0 Å². The van der Waals surface area contributed by atoms with Crippen molar-refractivity contribution < 1.29 is 14.6 Å². The van der Waals surface area contributed by atoms with E-state index in [1.807, 2.05) is 12.1 Å². The zero-order valence-electron chi connectivity index (χ0n) is 11.3. The van der Waals surface area contributed by atoms with Gasteiger partial charge in [-0.2, -0.15) is 0 Å². The maximum absolute atomic E-state index is 12.1. The Morgan fingerprint density at radius 1 is 1.20 bits per heavy atom. The van der Waals surface area contributed by atoms with Crippen LogP contribution >= 0.6 is 11.6 Å². The first-order chi connectivity index (χ1) is 9.50. The normalized spacial score (nSPS) is 11.9. The molecule has 0 spiro atoms. The van der Waals surface area contributed by atoms with Gasteiger partial charge in [-0.25, -0.2) is 4.79 Å². The molecule has 0 aliphatic carbocycles. The summed E-state index contributed by atoms with van der Waals surface area (Å²) in [5.74, 6) is -0.623. The van der Waals surface area contributed by atoms with Crippen molar-refractivity contribution >= 4 is 17.6 Å². The summed E-state index contributed by atoms with van der Waals surface area (Å²) in [7, 11) is 0. The van der Waals surface area contributed by atoms with Crippen molar-refractivity contribution in [2.75, 3.05) is 0 Å². The zero-order valence-corrected chi connectivity index (χ0v) is 12.0. The van der Waals surface area contributed by atoms with Crippen LogP contribution in [0.3, 0.4) is 0 Å². The number of phenols is 1. The summed E-state index contributed by atoms with van der Waals surface area (Å²) in [4.78, 5) is 12.1. The average molecular weight is 291 g/mol. The molecule has 2 aromatic carbocycles. The molecule has 0 saturated carbocycles. The predicted molar refractivity (Wildman–Crippen MR) is 78.1 cm³/mol. The quantitative estimate of drug-likeness (QED) is 0.859. The third kappa shape index (κ3) is 2.94. The van der Waals surface area contributed by atoms with Crippen molar-refractivity contribution in [2.24, 2.45) is 0 Å². The fraction of sp³-hybridized carbons (Fsp3) is 0.188. The Hall–Kier alpha value is -2.00. The maximum atomic E-state index is 12.1. The summed E-state index contributed by atoms with van der Waals surface area (Å²) >= 11 is 6.06. The minimum atomic E-state index is -0.571. The Morgan fingerprint density at radius 2 is 1.90 bits per heavy atom. The molecule has 2 rings (SSSR count). The summed E-state index contributed by atoms with van der Waals surface area (Å²) in [5.41, 5.74) is 1.52. The Balaban J connectivity index is 2.20. The SMILES string of the molecule is Cc1cccc(C(=O)O[C@H](C)c2ccccc2Cl)c1O. The van der Waals surface area contributed by atoms with Gasteiger partial charge in [-0.05, 0) is 31.5 Å². The van der Waals surface area contributed by atoms with E-state index in [0.29, 0.717) is 10.6 Å². The molecule has 0 aliphatic rings. The number of rotatable bonds is 3. The van der Waals surface area contributed by atoms with Gasteiger partial charge in [0.2, 0.25) is 0 Å². The lowest BCUT2D eigenvalue weighted by Crippen LogP contribution is -2.10. The number of carbonyl (C=O) groups excluding carboxylic acids is 1. The molecule has 0 heterocycles. The highest BCUT2D eigenvalue weighted by Crippen LogP contribution is 2.28. The van der Waals surface area contributed by atoms with Crippen LogP contribution in [0.25, 0.3) is 0 Å². The number of ether oxygens (including phenoxy) is 1. The largest absolute Gasteiger partial charge is 0.507 e. The van der Waals surface area contributed by atoms with Crippen molar-refractivity contribution in [1.29, 1.82) is 0 Å². The first-order valence-corrected chi connectivity index (χ1v) is 6.62. The number of carbonyl (C=O) groups is 1. The van der Waals surface area contributed by atoms with Gasteiger partial charge in [0, 0.05) is 10.6 Å². The molecule has 0 saturated heterocycles. The van der Waals surface area contributed by atoms with Gasteiger partial charge >= 0.3 is 5.97 Å². The summed E-state index contributed by atoms with van der Waals surface area (Å²) < 4.78 is 5.36. The van der Waals surface area contributed by atoms with Gasteiger partial charge in [-0.15, -0.1) is 0 Å². The van der Waals surface area contributed by atoms with Crippen molar-refractivity contribution in [3.8, 4) is 5.75 Å². The first kappa shape index (κ1) is 14.4. The molecule has 0 fully saturated rings.